The van der Waals surface area contributed by atoms with E-state index < -0.39 is 0 Å². The molecule has 0 spiro atoms. The van der Waals surface area contributed by atoms with Gasteiger partial charge >= 0.3 is 0 Å². The summed E-state index contributed by atoms with van der Waals surface area (Å²) in [4.78, 5) is 7.29. The van der Waals surface area contributed by atoms with Crippen LogP contribution in [0.2, 0.25) is 0 Å². The normalized spacial score (nSPS) is 20.6. The molecule has 172 valence electrons. The first-order valence-electron chi connectivity index (χ1n) is 11.1. The van der Waals surface area contributed by atoms with Crippen molar-refractivity contribution in [3.8, 4) is 0 Å². The van der Waals surface area contributed by atoms with Crippen molar-refractivity contribution in [2.45, 2.75) is 65.5 Å². The van der Waals surface area contributed by atoms with E-state index in [0.717, 1.165) is 63.4 Å². The van der Waals surface area contributed by atoms with Crippen LogP contribution in [0, 0.1) is 12.3 Å². The monoisotopic (exact) mass is 533 g/mol. The Hall–Kier alpha value is -0.940. The van der Waals surface area contributed by atoms with Crippen molar-refractivity contribution in [2.24, 2.45) is 17.5 Å². The summed E-state index contributed by atoms with van der Waals surface area (Å²) in [7, 11) is 1.99. The van der Waals surface area contributed by atoms with Crippen LogP contribution in [0.25, 0.3) is 0 Å². The average molecular weight is 534 g/mol. The fraction of sp³-hybridized carbons (Fsp3) is 0.857. The first-order valence-corrected chi connectivity index (χ1v) is 11.1. The predicted octanol–water partition coefficient (Wildman–Crippen LogP) is 2.47. The van der Waals surface area contributed by atoms with Crippen LogP contribution in [0.1, 0.15) is 57.6 Å². The molecule has 30 heavy (non-hydrogen) atoms. The minimum absolute atomic E-state index is 0. The van der Waals surface area contributed by atoms with Gasteiger partial charge in [-0.3, -0.25) is 4.90 Å². The SMILES string of the molecule is Cc1nnc(CN=C(NCCCN2CCOCC2)NC2CCC(C)(C)CC2)n1C.I. The maximum Gasteiger partial charge on any atom is 0.191 e. The Labute approximate surface area is 198 Å². The highest BCUT2D eigenvalue weighted by Gasteiger charge is 2.27. The van der Waals surface area contributed by atoms with Gasteiger partial charge in [0.05, 0.1) is 13.2 Å². The molecule has 3 rings (SSSR count). The Morgan fingerprint density at radius 3 is 2.53 bits per heavy atom. The maximum absolute atomic E-state index is 5.43. The Kier molecular flexibility index (Phi) is 10.3. The average Bonchev–Trinajstić information content (AvgIpc) is 3.03. The van der Waals surface area contributed by atoms with Crippen molar-refractivity contribution in [3.63, 3.8) is 0 Å². The first-order chi connectivity index (χ1) is 13.9. The number of hydrogen-bond donors (Lipinski definition) is 2. The first kappa shape index (κ1) is 25.3. The Morgan fingerprint density at radius 2 is 1.90 bits per heavy atom. The van der Waals surface area contributed by atoms with Crippen LogP contribution in [-0.2, 0) is 18.3 Å². The van der Waals surface area contributed by atoms with Gasteiger partial charge in [-0.05, 0) is 51.0 Å². The number of rotatable bonds is 7. The molecule has 1 aromatic heterocycles. The highest BCUT2D eigenvalue weighted by molar-refractivity contribution is 14.0. The van der Waals surface area contributed by atoms with Gasteiger partial charge in [0.2, 0.25) is 0 Å². The molecule has 2 fully saturated rings. The molecule has 0 radical (unpaired) electrons. The maximum atomic E-state index is 5.43. The minimum Gasteiger partial charge on any atom is -0.379 e. The summed E-state index contributed by atoms with van der Waals surface area (Å²) in [6, 6.07) is 0.495. The number of halogens is 1. The predicted molar refractivity (Wildman–Crippen MR) is 131 cm³/mol. The van der Waals surface area contributed by atoms with Gasteiger partial charge in [0.1, 0.15) is 12.4 Å². The summed E-state index contributed by atoms with van der Waals surface area (Å²) < 4.78 is 7.43. The molecule has 2 aliphatic rings. The molecule has 9 heteroatoms. The third kappa shape index (κ3) is 7.96. The molecule has 1 aliphatic carbocycles. The van der Waals surface area contributed by atoms with Gasteiger partial charge in [-0.1, -0.05) is 13.8 Å². The van der Waals surface area contributed by atoms with E-state index in [1.54, 1.807) is 0 Å². The summed E-state index contributed by atoms with van der Waals surface area (Å²) in [6.07, 6.45) is 6.02. The number of aliphatic imine (C=N–C) groups is 1. The summed E-state index contributed by atoms with van der Waals surface area (Å²) in [6.45, 7) is 13.1. The van der Waals surface area contributed by atoms with Crippen LogP contribution in [-0.4, -0.2) is 71.1 Å². The molecule has 0 atom stereocenters. The zero-order valence-electron chi connectivity index (χ0n) is 19.1. The van der Waals surface area contributed by atoms with Gasteiger partial charge in [-0.25, -0.2) is 4.99 Å². The Bertz CT molecular complexity index is 660. The van der Waals surface area contributed by atoms with Crippen molar-refractivity contribution < 1.29 is 4.74 Å². The van der Waals surface area contributed by atoms with E-state index in [0.29, 0.717) is 18.0 Å². The molecule has 8 nitrogen and oxygen atoms in total. The van der Waals surface area contributed by atoms with Crippen LogP contribution in [0.15, 0.2) is 4.99 Å². The lowest BCUT2D eigenvalue weighted by Gasteiger charge is -2.35. The molecule has 0 amide bonds. The van der Waals surface area contributed by atoms with Crippen LogP contribution < -0.4 is 10.6 Å². The molecule has 0 aromatic carbocycles. The second-order valence-corrected chi connectivity index (χ2v) is 9.20. The third-order valence-corrected chi connectivity index (χ3v) is 6.29. The quantitative estimate of drug-likeness (QED) is 0.243. The van der Waals surface area contributed by atoms with Crippen LogP contribution in [0.4, 0.5) is 0 Å². The lowest BCUT2D eigenvalue weighted by atomic mass is 9.75. The van der Waals surface area contributed by atoms with Gasteiger partial charge in [-0.2, -0.15) is 0 Å². The third-order valence-electron chi connectivity index (χ3n) is 6.29. The number of morpholine rings is 1. The van der Waals surface area contributed by atoms with Crippen molar-refractivity contribution in [1.82, 2.24) is 30.3 Å². The summed E-state index contributed by atoms with van der Waals surface area (Å²) in [5, 5.41) is 15.6. The Morgan fingerprint density at radius 1 is 1.20 bits per heavy atom. The van der Waals surface area contributed by atoms with Crippen LogP contribution in [0.5, 0.6) is 0 Å². The summed E-state index contributed by atoms with van der Waals surface area (Å²) >= 11 is 0. The molecule has 0 unspecified atom stereocenters. The Balaban J connectivity index is 0.00000320. The topological polar surface area (TPSA) is 79.6 Å². The van der Waals surface area contributed by atoms with Crippen molar-refractivity contribution in [2.75, 3.05) is 39.4 Å². The molecule has 2 N–H and O–H groups in total. The van der Waals surface area contributed by atoms with Crippen LogP contribution in [0.3, 0.4) is 0 Å². The van der Waals surface area contributed by atoms with Gasteiger partial charge in [0.15, 0.2) is 11.8 Å². The van der Waals surface area contributed by atoms with Crippen molar-refractivity contribution in [3.05, 3.63) is 11.6 Å². The second kappa shape index (κ2) is 12.2. The standard InChI is InChI=1S/C21H39N7O.HI/c1-17-25-26-19(27(17)4)16-23-20(24-18-6-8-21(2,3)9-7-18)22-10-5-11-28-12-14-29-15-13-28;/h18H,5-16H2,1-4H3,(H2,22,23,24);1H. The fourth-order valence-corrected chi connectivity index (χ4v) is 3.96. The zero-order valence-corrected chi connectivity index (χ0v) is 21.4. The van der Waals surface area contributed by atoms with E-state index in [1.807, 2.05) is 18.5 Å². The summed E-state index contributed by atoms with van der Waals surface area (Å²) in [5.74, 6) is 2.71. The second-order valence-electron chi connectivity index (χ2n) is 9.20. The number of aromatic nitrogens is 3. The lowest BCUT2D eigenvalue weighted by Crippen LogP contribution is -2.46. The molecule has 1 saturated heterocycles. The minimum atomic E-state index is 0. The van der Waals surface area contributed by atoms with Gasteiger partial charge in [0, 0.05) is 32.7 Å². The largest absolute Gasteiger partial charge is 0.379 e. The van der Waals surface area contributed by atoms with E-state index in [-0.39, 0.29) is 24.0 Å². The number of aryl methyl sites for hydroxylation is 1. The van der Waals surface area contributed by atoms with Crippen LogP contribution >= 0.6 is 24.0 Å². The van der Waals surface area contributed by atoms with E-state index in [9.17, 15) is 0 Å². The number of hydrogen-bond acceptors (Lipinski definition) is 5. The smallest absolute Gasteiger partial charge is 0.191 e. The van der Waals surface area contributed by atoms with Gasteiger partial charge in [0.25, 0.3) is 0 Å². The molecule has 1 aliphatic heterocycles. The van der Waals surface area contributed by atoms with E-state index >= 15 is 0 Å². The zero-order chi connectivity index (χ0) is 20.7. The molecule has 1 saturated carbocycles. The lowest BCUT2D eigenvalue weighted by molar-refractivity contribution is 0.0376. The number of guanidine groups is 1. The number of ether oxygens (including phenoxy) is 1. The molecule has 0 bridgehead atoms. The molecule has 2 heterocycles. The highest BCUT2D eigenvalue weighted by atomic mass is 127. The van der Waals surface area contributed by atoms with E-state index in [1.165, 1.54) is 25.7 Å². The van der Waals surface area contributed by atoms with Gasteiger partial charge in [-0.15, -0.1) is 34.2 Å². The van der Waals surface area contributed by atoms with Crippen molar-refractivity contribution >= 4 is 29.9 Å². The number of nitrogens with zero attached hydrogens (tertiary/aromatic N) is 5. The molecule has 1 aromatic rings. The molecular formula is C21H40IN7O. The fourth-order valence-electron chi connectivity index (χ4n) is 3.96. The number of nitrogens with one attached hydrogen (secondary N) is 2. The van der Waals surface area contributed by atoms with Crippen molar-refractivity contribution in [1.29, 1.82) is 0 Å². The highest BCUT2D eigenvalue weighted by Crippen LogP contribution is 2.34. The summed E-state index contributed by atoms with van der Waals surface area (Å²) in [5.41, 5.74) is 0.469. The molecular weight excluding hydrogens is 493 g/mol. The van der Waals surface area contributed by atoms with E-state index in [4.69, 9.17) is 9.73 Å². The van der Waals surface area contributed by atoms with E-state index in [2.05, 4.69) is 39.6 Å². The van der Waals surface area contributed by atoms with Gasteiger partial charge < -0.3 is 19.9 Å².